The zero-order valence-corrected chi connectivity index (χ0v) is 40.4. The van der Waals surface area contributed by atoms with Crippen LogP contribution in [-0.4, -0.2) is 148 Å². The molecule has 6 aliphatic heterocycles. The Hall–Kier alpha value is -8.13. The molecular weight excluding hydrogens is 975 g/mol. The number of nitrogens with one attached hydrogen (secondary N) is 4. The first-order valence-electron chi connectivity index (χ1n) is 24.7. The number of anilines is 2. The van der Waals surface area contributed by atoms with Crippen molar-refractivity contribution in [2.75, 3.05) is 62.8 Å². The van der Waals surface area contributed by atoms with E-state index in [1.165, 1.54) is 48.7 Å². The molecule has 5 atom stereocenters. The van der Waals surface area contributed by atoms with Crippen molar-refractivity contribution in [2.24, 2.45) is 0 Å². The summed E-state index contributed by atoms with van der Waals surface area (Å²) in [5.41, 5.74) is 0.453. The number of fused-ring (bicyclic) bond motifs is 6. The second-order valence-corrected chi connectivity index (χ2v) is 19.8. The molecule has 6 amide bonds. The number of benzene rings is 3. The summed E-state index contributed by atoms with van der Waals surface area (Å²) < 4.78 is 49.9. The van der Waals surface area contributed by atoms with Crippen molar-refractivity contribution in [3.05, 3.63) is 89.1 Å². The van der Waals surface area contributed by atoms with Gasteiger partial charge >= 0.3 is 12.1 Å². The molecule has 2 bridgehead atoms. The van der Waals surface area contributed by atoms with E-state index in [0.717, 1.165) is 23.3 Å². The smallest absolute Gasteiger partial charge is 0.407 e. The van der Waals surface area contributed by atoms with Gasteiger partial charge in [-0.1, -0.05) is 24.1 Å². The lowest BCUT2D eigenvalue weighted by atomic mass is 9.94. The number of nitrogens with zero attached hydrogens (tertiary/aromatic N) is 6. The first kappa shape index (κ1) is 49.1. The van der Waals surface area contributed by atoms with Gasteiger partial charge in [0.2, 0.25) is 17.7 Å². The van der Waals surface area contributed by atoms with E-state index in [1.54, 1.807) is 0 Å². The van der Waals surface area contributed by atoms with Gasteiger partial charge in [-0.25, -0.2) is 13.6 Å². The maximum Gasteiger partial charge on any atom is 0.407 e. The Bertz CT molecular complexity index is 3320. The average Bonchev–Trinajstić information content (AvgIpc) is 4.09. The van der Waals surface area contributed by atoms with Gasteiger partial charge < -0.3 is 40.2 Å². The van der Waals surface area contributed by atoms with Crippen LogP contribution in [0.4, 0.5) is 25.1 Å². The van der Waals surface area contributed by atoms with Gasteiger partial charge in [0, 0.05) is 73.6 Å². The Morgan fingerprint density at radius 1 is 0.987 bits per heavy atom. The van der Waals surface area contributed by atoms with Gasteiger partial charge in [-0.3, -0.25) is 44.1 Å². The molecule has 5 saturated heterocycles. The summed E-state index contributed by atoms with van der Waals surface area (Å²) in [5, 5.41) is 22.7. The highest BCUT2D eigenvalue weighted by atomic mass is 19.1. The third-order valence-electron chi connectivity index (χ3n) is 14.9. The van der Waals surface area contributed by atoms with Crippen LogP contribution >= 0.6 is 0 Å². The molecule has 0 saturated carbocycles. The highest BCUT2D eigenvalue weighted by molar-refractivity contribution is 6.24. The van der Waals surface area contributed by atoms with Crippen LogP contribution in [0.25, 0.3) is 32.9 Å². The number of terminal acetylenes is 1. The number of aromatic nitrogens is 3. The average molecular weight is 1030 g/mol. The van der Waals surface area contributed by atoms with Crippen molar-refractivity contribution in [1.82, 2.24) is 40.7 Å². The molecule has 0 aliphatic carbocycles. The number of amides is 6. The molecule has 6 aliphatic rings. The fourth-order valence-electron chi connectivity index (χ4n) is 11.5. The van der Waals surface area contributed by atoms with E-state index in [0.29, 0.717) is 55.5 Å². The normalized spacial score (nSPS) is 23.1. The van der Waals surface area contributed by atoms with Crippen molar-refractivity contribution in [3.63, 3.8) is 0 Å². The van der Waals surface area contributed by atoms with E-state index >= 15 is 8.78 Å². The van der Waals surface area contributed by atoms with E-state index in [-0.39, 0.29) is 114 Å². The number of phenols is 1. The second-order valence-electron chi connectivity index (χ2n) is 19.8. The lowest BCUT2D eigenvalue weighted by Crippen LogP contribution is -2.54. The van der Waals surface area contributed by atoms with Gasteiger partial charge in [0.1, 0.15) is 54.5 Å². The molecule has 3 unspecified atom stereocenters. The van der Waals surface area contributed by atoms with E-state index in [9.17, 15) is 33.9 Å². The Kier molecular flexibility index (Phi) is 12.8. The van der Waals surface area contributed by atoms with Gasteiger partial charge in [0.25, 0.3) is 11.8 Å². The number of halogens is 2. The van der Waals surface area contributed by atoms with Crippen molar-refractivity contribution in [2.45, 2.75) is 74.7 Å². The molecular formula is C53H50F2N10O10. The fraction of sp³-hybridized carbons (Fsp3) is 0.377. The third kappa shape index (κ3) is 9.20. The molecule has 75 heavy (non-hydrogen) atoms. The zero-order valence-electron chi connectivity index (χ0n) is 40.4. The third-order valence-corrected chi connectivity index (χ3v) is 14.9. The molecule has 20 nitrogen and oxygen atoms in total. The van der Waals surface area contributed by atoms with Crippen molar-refractivity contribution in [1.29, 1.82) is 0 Å². The number of aromatic hydroxyl groups is 1. The van der Waals surface area contributed by atoms with E-state index < -0.39 is 65.5 Å². The number of ether oxygens (including phenoxy) is 3. The highest BCUT2D eigenvalue weighted by Gasteiger charge is 2.52. The molecule has 2 aromatic heterocycles. The van der Waals surface area contributed by atoms with Crippen LogP contribution < -0.4 is 30.9 Å². The zero-order chi connectivity index (χ0) is 52.3. The molecule has 5 N–H and O–H groups in total. The quantitative estimate of drug-likeness (QED) is 0.0455. The summed E-state index contributed by atoms with van der Waals surface area (Å²) >= 11 is 0. The largest absolute Gasteiger partial charge is 0.508 e. The van der Waals surface area contributed by atoms with Gasteiger partial charge in [0.05, 0.1) is 34.2 Å². The molecule has 0 radical (unpaired) electrons. The topological polar surface area (TPSA) is 247 Å². The number of hydrogen-bond acceptors (Lipinski definition) is 16. The van der Waals surface area contributed by atoms with Crippen LogP contribution in [0, 0.1) is 24.0 Å². The monoisotopic (exact) mass is 1020 g/mol. The summed E-state index contributed by atoms with van der Waals surface area (Å²) in [5.74, 6) is -2.01. The summed E-state index contributed by atoms with van der Waals surface area (Å²) in [6, 6.07) is 8.61. The van der Waals surface area contributed by atoms with Gasteiger partial charge in [-0.05, 0) is 80.3 Å². The lowest BCUT2D eigenvalue weighted by Gasteiger charge is -2.35. The van der Waals surface area contributed by atoms with Crippen LogP contribution in [0.5, 0.6) is 11.8 Å². The molecule has 386 valence electrons. The van der Waals surface area contributed by atoms with Crippen LogP contribution in [0.2, 0.25) is 0 Å². The number of hydrogen-bond donors (Lipinski definition) is 5. The molecule has 5 fully saturated rings. The Morgan fingerprint density at radius 2 is 1.79 bits per heavy atom. The van der Waals surface area contributed by atoms with Crippen molar-refractivity contribution in [3.8, 4) is 35.4 Å². The minimum atomic E-state index is -1.12. The predicted molar refractivity (Wildman–Crippen MR) is 266 cm³/mol. The van der Waals surface area contributed by atoms with Gasteiger partial charge in [0.15, 0.2) is 5.82 Å². The van der Waals surface area contributed by atoms with E-state index in [2.05, 4.69) is 53.5 Å². The van der Waals surface area contributed by atoms with Crippen LogP contribution in [0.15, 0.2) is 60.8 Å². The molecule has 0 spiro atoms. The molecule has 5 aromatic rings. The molecule has 3 aromatic carbocycles. The molecule has 22 heteroatoms. The SMILES string of the molecule is C#Cc1c(F)ccc2cc(O)cc(-c3ncc4c(N5CC6CCC(C5)N6)nc(OC[C@@]56CC[C@@H](COC(=O)NCCOCC(=O)Nc7ccc8c(c7)C(=O)N(C7CCC(=O)NC7=O)C8=O)N5CC(=C)C6)nc4c3F)c12. The number of carbonyl (C=O) groups excluding carboxylic acids is 6. The van der Waals surface area contributed by atoms with Crippen LogP contribution in [-0.2, 0) is 23.9 Å². The number of pyridine rings is 1. The maximum atomic E-state index is 17.2. The number of imide groups is 2. The Balaban J connectivity index is 0.711. The summed E-state index contributed by atoms with van der Waals surface area (Å²) in [7, 11) is 0. The van der Waals surface area contributed by atoms with Crippen molar-refractivity contribution >= 4 is 68.8 Å². The van der Waals surface area contributed by atoms with Gasteiger partial charge in [-0.2, -0.15) is 9.97 Å². The summed E-state index contributed by atoms with van der Waals surface area (Å²) in [4.78, 5) is 94.9. The minimum Gasteiger partial charge on any atom is -0.508 e. The van der Waals surface area contributed by atoms with Crippen molar-refractivity contribution < 1.29 is 56.9 Å². The first-order valence-corrected chi connectivity index (χ1v) is 24.7. The highest BCUT2D eigenvalue weighted by Crippen LogP contribution is 2.45. The van der Waals surface area contributed by atoms with Crippen LogP contribution in [0.3, 0.4) is 0 Å². The number of alkyl carbamates (subject to hydrolysis) is 1. The molecule has 11 rings (SSSR count). The number of piperazine rings is 1. The minimum absolute atomic E-state index is 0.00850. The van der Waals surface area contributed by atoms with E-state index in [1.807, 2.05) is 0 Å². The van der Waals surface area contributed by atoms with E-state index in [4.69, 9.17) is 25.6 Å². The van der Waals surface area contributed by atoms with Crippen LogP contribution in [0.1, 0.15) is 71.2 Å². The number of rotatable bonds is 14. The lowest BCUT2D eigenvalue weighted by molar-refractivity contribution is -0.136. The number of phenolic OH excluding ortho intramolecular Hbond substituents is 1. The summed E-state index contributed by atoms with van der Waals surface area (Å²) in [6.45, 7) is 5.82. The first-order chi connectivity index (χ1) is 36.2. The Morgan fingerprint density at radius 3 is 2.57 bits per heavy atom. The molecule has 8 heterocycles. The standard InChI is InChI=1S/C53H50F2N10O10/c1-3-34-39(54)9-4-28-16-33(66)18-37(43(28)34)45-44(55)46-38(20-57-45)47(63-22-30-5-6-31(23-63)58-30)62-51(61-46)75-26-53-13-12-32(64(53)21-27(2)19-53)24-74-52(72)56-14-15-73-25-42(68)59-29-7-8-35-36(17-29)50(71)65(49(35)70)40-10-11-41(67)60-48(40)69/h1,4,7-9,16-18,20,30-32,40,58,66H,2,5-6,10-15,19,21-26H2,(H,56,72)(H,59,68)(H,60,67,69)/t30?,31?,32-,40?,53-/m0/s1. The maximum absolute atomic E-state index is 17.2. The van der Waals surface area contributed by atoms with Gasteiger partial charge in [-0.15, -0.1) is 6.42 Å². The summed E-state index contributed by atoms with van der Waals surface area (Å²) in [6.07, 6.45) is 10.5. The number of piperidine rings is 1. The Labute approximate surface area is 427 Å². The number of carbonyl (C=O) groups is 6. The second kappa shape index (κ2) is 19.6. The predicted octanol–water partition coefficient (Wildman–Crippen LogP) is 4.08. The fourth-order valence-corrected chi connectivity index (χ4v) is 11.5.